The van der Waals surface area contributed by atoms with Gasteiger partial charge in [-0.15, -0.1) is 11.3 Å². The fourth-order valence-corrected chi connectivity index (χ4v) is 5.13. The Bertz CT molecular complexity index is 1010. The number of carbonyl (C=O) groups excluding carboxylic acids is 1. The van der Waals surface area contributed by atoms with Gasteiger partial charge < -0.3 is 14.7 Å². The molecule has 1 atom stereocenters. The molecule has 1 saturated heterocycles. The predicted octanol–water partition coefficient (Wildman–Crippen LogP) is 4.59. The minimum atomic E-state index is -0.986. The van der Waals surface area contributed by atoms with Gasteiger partial charge in [0.05, 0.1) is 12.3 Å². The number of aliphatic hydroxyl groups is 1. The first kappa shape index (κ1) is 21.5. The molecule has 0 radical (unpaired) electrons. The van der Waals surface area contributed by atoms with E-state index in [1.807, 2.05) is 72.5 Å². The quantitative estimate of drug-likeness (QED) is 0.614. The summed E-state index contributed by atoms with van der Waals surface area (Å²) in [6, 6.07) is 19.1. The van der Waals surface area contributed by atoms with Crippen LogP contribution in [0.15, 0.2) is 60.7 Å². The van der Waals surface area contributed by atoms with E-state index in [1.54, 1.807) is 11.3 Å². The summed E-state index contributed by atoms with van der Waals surface area (Å²) in [6.45, 7) is 3.74. The number of nitrogens with zero attached hydrogens (tertiary/aromatic N) is 2. The highest BCUT2D eigenvalue weighted by atomic mass is 32.1. The molecule has 5 nitrogen and oxygen atoms in total. The van der Waals surface area contributed by atoms with Gasteiger partial charge in [-0.3, -0.25) is 4.79 Å². The summed E-state index contributed by atoms with van der Waals surface area (Å²) in [4.78, 5) is 20.5. The fourth-order valence-electron chi connectivity index (χ4n) is 3.94. The van der Waals surface area contributed by atoms with Crippen LogP contribution in [0, 0.1) is 6.92 Å². The van der Waals surface area contributed by atoms with E-state index in [1.165, 1.54) is 0 Å². The predicted molar refractivity (Wildman–Crippen MR) is 123 cm³/mol. The molecule has 1 aliphatic heterocycles. The average molecular weight is 437 g/mol. The number of likely N-dealkylation sites (tertiary alicyclic amines) is 1. The molecule has 162 valence electrons. The molecular weight excluding hydrogens is 408 g/mol. The highest BCUT2D eigenvalue weighted by molar-refractivity contribution is 7.11. The molecule has 1 aliphatic rings. The van der Waals surface area contributed by atoms with Crippen LogP contribution in [0.2, 0.25) is 0 Å². The molecule has 4 rings (SSSR count). The fraction of sp³-hybridized carbons (Fsp3) is 0.360. The lowest BCUT2D eigenvalue weighted by atomic mass is 9.96. The summed E-state index contributed by atoms with van der Waals surface area (Å²) < 4.78 is 5.82. The Morgan fingerprint density at radius 1 is 1.10 bits per heavy atom. The lowest BCUT2D eigenvalue weighted by molar-refractivity contribution is 0.0209. The SMILES string of the molecule is Cc1nc([C@]2(O)CCCN(C(=O)c3ccccc3)CC2)sc1CCOc1ccccc1. The first-order valence-corrected chi connectivity index (χ1v) is 11.6. The van der Waals surface area contributed by atoms with Crippen molar-refractivity contribution in [3.63, 3.8) is 0 Å². The Kier molecular flexibility index (Phi) is 6.68. The van der Waals surface area contributed by atoms with Crippen LogP contribution in [0.3, 0.4) is 0 Å². The van der Waals surface area contributed by atoms with Crippen LogP contribution in [0.25, 0.3) is 0 Å². The number of thiazole rings is 1. The first-order valence-electron chi connectivity index (χ1n) is 10.8. The van der Waals surface area contributed by atoms with E-state index in [0.29, 0.717) is 38.1 Å². The van der Waals surface area contributed by atoms with Crippen LogP contribution in [-0.2, 0) is 12.0 Å². The van der Waals surface area contributed by atoms with Crippen LogP contribution in [0.4, 0.5) is 0 Å². The minimum Gasteiger partial charge on any atom is -0.493 e. The molecule has 0 spiro atoms. The van der Waals surface area contributed by atoms with Crippen LogP contribution >= 0.6 is 11.3 Å². The van der Waals surface area contributed by atoms with Gasteiger partial charge in [0.25, 0.3) is 5.91 Å². The molecule has 1 amide bonds. The maximum atomic E-state index is 12.8. The second-order valence-electron chi connectivity index (χ2n) is 7.98. The van der Waals surface area contributed by atoms with E-state index in [2.05, 4.69) is 0 Å². The van der Waals surface area contributed by atoms with Crippen molar-refractivity contribution < 1.29 is 14.6 Å². The Hall–Kier alpha value is -2.70. The number of carbonyl (C=O) groups is 1. The van der Waals surface area contributed by atoms with E-state index in [4.69, 9.17) is 9.72 Å². The Morgan fingerprint density at radius 3 is 2.55 bits per heavy atom. The van der Waals surface area contributed by atoms with Crippen LogP contribution in [0.5, 0.6) is 5.75 Å². The molecule has 3 aromatic rings. The van der Waals surface area contributed by atoms with Gasteiger partial charge in [-0.05, 0) is 44.0 Å². The number of aromatic nitrogens is 1. The summed E-state index contributed by atoms with van der Waals surface area (Å²) in [6.07, 6.45) is 2.62. The second kappa shape index (κ2) is 9.62. The number of para-hydroxylation sites is 1. The summed E-state index contributed by atoms with van der Waals surface area (Å²) in [5.74, 6) is 0.884. The van der Waals surface area contributed by atoms with Crippen molar-refractivity contribution in [1.82, 2.24) is 9.88 Å². The molecule has 6 heteroatoms. The molecule has 1 fully saturated rings. The average Bonchev–Trinajstić information content (AvgIpc) is 3.06. The van der Waals surface area contributed by atoms with E-state index in [0.717, 1.165) is 34.2 Å². The third kappa shape index (κ3) is 5.14. The number of amides is 1. The maximum absolute atomic E-state index is 12.8. The maximum Gasteiger partial charge on any atom is 0.253 e. The van der Waals surface area contributed by atoms with Gasteiger partial charge in [-0.1, -0.05) is 36.4 Å². The van der Waals surface area contributed by atoms with Crippen molar-refractivity contribution >= 4 is 17.2 Å². The van der Waals surface area contributed by atoms with Crippen molar-refractivity contribution in [1.29, 1.82) is 0 Å². The number of benzene rings is 2. The summed E-state index contributed by atoms with van der Waals surface area (Å²) in [5, 5.41) is 12.2. The standard InChI is InChI=1S/C25H28N2O3S/c1-19-22(13-18-30-21-11-6-3-7-12-21)31-24(26-19)25(29)14-8-16-27(17-15-25)23(28)20-9-4-2-5-10-20/h2-7,9-12,29H,8,13-18H2,1H3/t25-/m0/s1. The molecule has 2 heterocycles. The normalized spacial score (nSPS) is 19.1. The zero-order valence-electron chi connectivity index (χ0n) is 17.8. The number of hydrogen-bond acceptors (Lipinski definition) is 5. The molecule has 0 saturated carbocycles. The van der Waals surface area contributed by atoms with Crippen molar-refractivity contribution in [2.75, 3.05) is 19.7 Å². The largest absolute Gasteiger partial charge is 0.493 e. The summed E-state index contributed by atoms with van der Waals surface area (Å²) in [7, 11) is 0. The lowest BCUT2D eigenvalue weighted by Crippen LogP contribution is -2.33. The molecule has 0 aliphatic carbocycles. The zero-order valence-corrected chi connectivity index (χ0v) is 18.6. The molecule has 31 heavy (non-hydrogen) atoms. The van der Waals surface area contributed by atoms with Crippen LogP contribution in [0.1, 0.15) is 45.2 Å². The highest BCUT2D eigenvalue weighted by Gasteiger charge is 2.36. The number of aryl methyl sites for hydroxylation is 1. The van der Waals surface area contributed by atoms with Gasteiger partial charge in [0, 0.05) is 36.4 Å². The number of hydrogen-bond donors (Lipinski definition) is 1. The summed E-state index contributed by atoms with van der Waals surface area (Å²) >= 11 is 1.57. The zero-order chi connectivity index (χ0) is 21.7. The minimum absolute atomic E-state index is 0.0268. The third-order valence-corrected chi connectivity index (χ3v) is 7.16. The van der Waals surface area contributed by atoms with E-state index >= 15 is 0 Å². The van der Waals surface area contributed by atoms with Crippen molar-refractivity contribution in [2.24, 2.45) is 0 Å². The number of rotatable bonds is 6. The Morgan fingerprint density at radius 2 is 1.81 bits per heavy atom. The third-order valence-electron chi connectivity index (χ3n) is 5.75. The van der Waals surface area contributed by atoms with Gasteiger partial charge in [-0.2, -0.15) is 0 Å². The first-order chi connectivity index (χ1) is 15.0. The van der Waals surface area contributed by atoms with Gasteiger partial charge in [0.2, 0.25) is 0 Å². The molecule has 2 aromatic carbocycles. The Balaban J connectivity index is 1.39. The molecule has 0 unspecified atom stereocenters. The van der Waals surface area contributed by atoms with Crippen molar-refractivity contribution in [3.8, 4) is 5.75 Å². The summed E-state index contributed by atoms with van der Waals surface area (Å²) in [5.41, 5.74) is 0.657. The highest BCUT2D eigenvalue weighted by Crippen LogP contribution is 2.37. The van der Waals surface area contributed by atoms with Gasteiger partial charge in [0.1, 0.15) is 16.4 Å². The van der Waals surface area contributed by atoms with Gasteiger partial charge in [0.15, 0.2) is 0 Å². The molecule has 0 bridgehead atoms. The van der Waals surface area contributed by atoms with E-state index < -0.39 is 5.60 Å². The van der Waals surface area contributed by atoms with E-state index in [-0.39, 0.29) is 5.91 Å². The number of ether oxygens (including phenoxy) is 1. The molecule has 1 N–H and O–H groups in total. The van der Waals surface area contributed by atoms with E-state index in [9.17, 15) is 9.90 Å². The van der Waals surface area contributed by atoms with Crippen molar-refractivity contribution in [2.45, 2.75) is 38.2 Å². The second-order valence-corrected chi connectivity index (χ2v) is 9.07. The van der Waals surface area contributed by atoms with Crippen LogP contribution in [-0.4, -0.2) is 40.6 Å². The molecular formula is C25H28N2O3S. The smallest absolute Gasteiger partial charge is 0.253 e. The van der Waals surface area contributed by atoms with Crippen LogP contribution < -0.4 is 4.74 Å². The monoisotopic (exact) mass is 436 g/mol. The van der Waals surface area contributed by atoms with Gasteiger partial charge in [-0.25, -0.2) is 4.98 Å². The van der Waals surface area contributed by atoms with Crippen molar-refractivity contribution in [3.05, 3.63) is 81.8 Å². The van der Waals surface area contributed by atoms with Gasteiger partial charge >= 0.3 is 0 Å². The molecule has 1 aromatic heterocycles. The Labute approximate surface area is 187 Å². The lowest BCUT2D eigenvalue weighted by Gasteiger charge is -2.25. The topological polar surface area (TPSA) is 62.7 Å².